The number of ether oxygens (including phenoxy) is 1. The minimum atomic E-state index is 0.720. The van der Waals surface area contributed by atoms with Gasteiger partial charge in [0.1, 0.15) is 5.75 Å². The van der Waals surface area contributed by atoms with Gasteiger partial charge in [-0.2, -0.15) is 0 Å². The number of benzene rings is 1. The lowest BCUT2D eigenvalue weighted by atomic mass is 10.2. The van der Waals surface area contributed by atoms with E-state index in [-0.39, 0.29) is 0 Å². The summed E-state index contributed by atoms with van der Waals surface area (Å²) in [5.41, 5.74) is 0. The van der Waals surface area contributed by atoms with Crippen LogP contribution in [0.5, 0.6) is 5.75 Å². The zero-order chi connectivity index (χ0) is 13.2. The van der Waals surface area contributed by atoms with Gasteiger partial charge in [0.15, 0.2) is 0 Å². The summed E-state index contributed by atoms with van der Waals surface area (Å²) in [4.78, 5) is 0. The van der Waals surface area contributed by atoms with Crippen LogP contribution in [0.15, 0.2) is 22.7 Å². The van der Waals surface area contributed by atoms with Crippen molar-refractivity contribution in [3.05, 3.63) is 27.7 Å². The molecule has 4 heteroatoms. The maximum Gasteiger partial charge on any atom is 0.133 e. The molecule has 1 rings (SSSR count). The fourth-order valence-corrected chi connectivity index (χ4v) is 2.45. The van der Waals surface area contributed by atoms with Gasteiger partial charge in [0, 0.05) is 5.02 Å². The molecule has 2 nitrogen and oxygen atoms in total. The molecule has 0 fully saturated rings. The number of unbranched alkanes of at least 4 members (excludes halogenated alkanes) is 3. The van der Waals surface area contributed by atoms with E-state index in [1.165, 1.54) is 19.3 Å². The van der Waals surface area contributed by atoms with Gasteiger partial charge in [-0.25, -0.2) is 0 Å². The smallest absolute Gasteiger partial charge is 0.133 e. The van der Waals surface area contributed by atoms with Crippen LogP contribution in [0.25, 0.3) is 0 Å². The third kappa shape index (κ3) is 6.62. The molecule has 0 radical (unpaired) electrons. The summed E-state index contributed by atoms with van der Waals surface area (Å²) >= 11 is 9.31. The Bertz CT molecular complexity index is 347. The van der Waals surface area contributed by atoms with Gasteiger partial charge in [-0.05, 0) is 60.1 Å². The molecule has 0 bridgehead atoms. The van der Waals surface area contributed by atoms with Gasteiger partial charge in [0.25, 0.3) is 0 Å². The summed E-state index contributed by atoms with van der Waals surface area (Å²) in [6, 6.07) is 5.60. The van der Waals surface area contributed by atoms with Crippen molar-refractivity contribution in [1.29, 1.82) is 0 Å². The first-order chi connectivity index (χ1) is 8.74. The van der Waals surface area contributed by atoms with E-state index < -0.39 is 0 Å². The summed E-state index contributed by atoms with van der Waals surface area (Å²) in [6.07, 6.45) is 4.83. The molecule has 0 aliphatic carbocycles. The van der Waals surface area contributed by atoms with Gasteiger partial charge >= 0.3 is 0 Å². The molecule has 0 amide bonds. The van der Waals surface area contributed by atoms with E-state index >= 15 is 0 Å². The van der Waals surface area contributed by atoms with Crippen molar-refractivity contribution in [1.82, 2.24) is 5.32 Å². The molecule has 1 aromatic rings. The molecular weight excluding hydrogens is 314 g/mol. The lowest BCUT2D eigenvalue weighted by Crippen LogP contribution is -2.13. The first-order valence-corrected chi connectivity index (χ1v) is 7.69. The van der Waals surface area contributed by atoms with Crippen LogP contribution in [0.2, 0.25) is 5.02 Å². The second kappa shape index (κ2) is 9.65. The van der Waals surface area contributed by atoms with Crippen LogP contribution in [0, 0.1) is 0 Å². The second-order valence-corrected chi connectivity index (χ2v) is 5.48. The minimum absolute atomic E-state index is 0.720. The summed E-state index contributed by atoms with van der Waals surface area (Å²) in [6.45, 7) is 5.09. The quantitative estimate of drug-likeness (QED) is 0.664. The van der Waals surface area contributed by atoms with E-state index in [0.717, 1.165) is 41.4 Å². The first kappa shape index (κ1) is 15.8. The molecule has 0 aliphatic rings. The molecule has 102 valence electrons. The predicted octanol–water partition coefficient (Wildman–Crippen LogP) is 4.65. The van der Waals surface area contributed by atoms with Gasteiger partial charge in [0.2, 0.25) is 0 Å². The zero-order valence-corrected chi connectivity index (χ0v) is 13.2. The van der Waals surface area contributed by atoms with Gasteiger partial charge < -0.3 is 10.1 Å². The molecular formula is C14H21BrClNO. The highest BCUT2D eigenvalue weighted by molar-refractivity contribution is 9.10. The molecule has 0 heterocycles. The normalized spacial score (nSPS) is 10.6. The Balaban J connectivity index is 2.07. The Kier molecular flexibility index (Phi) is 8.47. The van der Waals surface area contributed by atoms with Crippen molar-refractivity contribution < 1.29 is 4.74 Å². The average Bonchev–Trinajstić information content (AvgIpc) is 2.35. The maximum absolute atomic E-state index is 5.87. The number of hydrogen-bond acceptors (Lipinski definition) is 2. The molecule has 1 aromatic carbocycles. The lowest BCUT2D eigenvalue weighted by Gasteiger charge is -2.08. The van der Waals surface area contributed by atoms with Crippen LogP contribution in [-0.4, -0.2) is 19.7 Å². The van der Waals surface area contributed by atoms with Crippen molar-refractivity contribution in [2.45, 2.75) is 32.6 Å². The zero-order valence-electron chi connectivity index (χ0n) is 10.8. The molecule has 0 spiro atoms. The molecule has 0 aromatic heterocycles. The third-order valence-corrected chi connectivity index (χ3v) is 3.50. The maximum atomic E-state index is 5.87. The number of rotatable bonds is 9. The monoisotopic (exact) mass is 333 g/mol. The largest absolute Gasteiger partial charge is 0.492 e. The Labute approximate surface area is 123 Å². The average molecular weight is 335 g/mol. The number of nitrogens with one attached hydrogen (secondary N) is 1. The van der Waals surface area contributed by atoms with Crippen LogP contribution < -0.4 is 10.1 Å². The topological polar surface area (TPSA) is 21.3 Å². The van der Waals surface area contributed by atoms with E-state index in [0.29, 0.717) is 0 Å². The Morgan fingerprint density at radius 3 is 2.72 bits per heavy atom. The Hall–Kier alpha value is -0.250. The van der Waals surface area contributed by atoms with Crippen LogP contribution in [-0.2, 0) is 0 Å². The van der Waals surface area contributed by atoms with E-state index in [2.05, 4.69) is 28.2 Å². The molecule has 0 atom stereocenters. The van der Waals surface area contributed by atoms with Crippen molar-refractivity contribution in [3.63, 3.8) is 0 Å². The van der Waals surface area contributed by atoms with Crippen molar-refractivity contribution in [2.75, 3.05) is 19.7 Å². The summed E-state index contributed by atoms with van der Waals surface area (Å²) in [5.74, 6) is 0.868. The first-order valence-electron chi connectivity index (χ1n) is 6.52. The minimum Gasteiger partial charge on any atom is -0.492 e. The van der Waals surface area contributed by atoms with Gasteiger partial charge in [-0.15, -0.1) is 0 Å². The molecule has 0 saturated heterocycles. The summed E-state index contributed by atoms with van der Waals surface area (Å²) in [7, 11) is 0. The van der Waals surface area contributed by atoms with Crippen LogP contribution in [0.3, 0.4) is 0 Å². The standard InChI is InChI=1S/C14H21BrClNO/c1-2-17-9-5-3-4-6-10-18-14-8-7-12(16)11-13(14)15/h7-8,11,17H,2-6,9-10H2,1H3. The molecule has 1 N–H and O–H groups in total. The molecule has 18 heavy (non-hydrogen) atoms. The molecule has 0 unspecified atom stereocenters. The van der Waals surface area contributed by atoms with Crippen molar-refractivity contribution in [3.8, 4) is 5.75 Å². The highest BCUT2D eigenvalue weighted by Crippen LogP contribution is 2.28. The predicted molar refractivity (Wildman–Crippen MR) is 81.7 cm³/mol. The van der Waals surface area contributed by atoms with Gasteiger partial charge in [-0.1, -0.05) is 31.4 Å². The van der Waals surface area contributed by atoms with Gasteiger partial charge in [0.05, 0.1) is 11.1 Å². The number of hydrogen-bond donors (Lipinski definition) is 1. The molecule has 0 saturated carbocycles. The second-order valence-electron chi connectivity index (χ2n) is 4.19. The van der Waals surface area contributed by atoms with Crippen molar-refractivity contribution in [2.24, 2.45) is 0 Å². The third-order valence-electron chi connectivity index (χ3n) is 2.65. The highest BCUT2D eigenvalue weighted by atomic mass is 79.9. The lowest BCUT2D eigenvalue weighted by molar-refractivity contribution is 0.303. The molecule has 0 aliphatic heterocycles. The van der Waals surface area contributed by atoms with E-state index in [1.807, 2.05) is 18.2 Å². The van der Waals surface area contributed by atoms with E-state index in [1.54, 1.807) is 0 Å². The van der Waals surface area contributed by atoms with Gasteiger partial charge in [-0.3, -0.25) is 0 Å². The number of halogens is 2. The Morgan fingerprint density at radius 2 is 2.00 bits per heavy atom. The summed E-state index contributed by atoms with van der Waals surface area (Å²) in [5, 5.41) is 4.05. The summed E-state index contributed by atoms with van der Waals surface area (Å²) < 4.78 is 6.62. The Morgan fingerprint density at radius 1 is 1.22 bits per heavy atom. The van der Waals surface area contributed by atoms with Crippen LogP contribution in [0.1, 0.15) is 32.6 Å². The SMILES string of the molecule is CCNCCCCCCOc1ccc(Cl)cc1Br. The fourth-order valence-electron chi connectivity index (χ4n) is 1.66. The van der Waals surface area contributed by atoms with E-state index in [4.69, 9.17) is 16.3 Å². The van der Waals surface area contributed by atoms with Crippen LogP contribution >= 0.6 is 27.5 Å². The highest BCUT2D eigenvalue weighted by Gasteiger charge is 2.01. The fraction of sp³-hybridized carbons (Fsp3) is 0.571. The van der Waals surface area contributed by atoms with Crippen LogP contribution in [0.4, 0.5) is 0 Å². The van der Waals surface area contributed by atoms with Crippen molar-refractivity contribution >= 4 is 27.5 Å². The van der Waals surface area contributed by atoms with E-state index in [9.17, 15) is 0 Å².